The van der Waals surface area contributed by atoms with Gasteiger partial charge >= 0.3 is 0 Å². The van der Waals surface area contributed by atoms with Crippen LogP contribution in [0.1, 0.15) is 24.8 Å². The van der Waals surface area contributed by atoms with Crippen molar-refractivity contribution < 1.29 is 4.79 Å². The standard InChI is InChI=1S/C13H15Cl2NO/c14-12-6-3-4-10(13(12)15)8-16-7-2-1-5-11(16)9-17/h3-4,6,9,11H,1-2,5,7-8H2. The van der Waals surface area contributed by atoms with Crippen LogP contribution < -0.4 is 0 Å². The van der Waals surface area contributed by atoms with Crippen molar-refractivity contribution in [3.05, 3.63) is 33.8 Å². The van der Waals surface area contributed by atoms with E-state index in [4.69, 9.17) is 23.2 Å². The molecule has 0 saturated carbocycles. The van der Waals surface area contributed by atoms with Crippen LogP contribution in [0.15, 0.2) is 18.2 Å². The Morgan fingerprint density at radius 1 is 1.35 bits per heavy atom. The molecule has 1 aliphatic rings. The highest BCUT2D eigenvalue weighted by atomic mass is 35.5. The van der Waals surface area contributed by atoms with Crippen molar-refractivity contribution >= 4 is 29.5 Å². The number of aldehydes is 1. The van der Waals surface area contributed by atoms with E-state index in [0.29, 0.717) is 16.6 Å². The van der Waals surface area contributed by atoms with E-state index in [2.05, 4.69) is 4.90 Å². The second-order valence-electron chi connectivity index (χ2n) is 4.38. The molecule has 1 aromatic carbocycles. The van der Waals surface area contributed by atoms with Gasteiger partial charge < -0.3 is 4.79 Å². The Kier molecular flexibility index (Phi) is 4.43. The molecule has 4 heteroatoms. The molecule has 1 heterocycles. The van der Waals surface area contributed by atoms with Crippen molar-refractivity contribution in [3.8, 4) is 0 Å². The highest BCUT2D eigenvalue weighted by Gasteiger charge is 2.22. The summed E-state index contributed by atoms with van der Waals surface area (Å²) in [5, 5.41) is 1.17. The fourth-order valence-electron chi connectivity index (χ4n) is 2.26. The van der Waals surface area contributed by atoms with Gasteiger partial charge in [0.2, 0.25) is 0 Å². The quantitative estimate of drug-likeness (QED) is 0.784. The summed E-state index contributed by atoms with van der Waals surface area (Å²) < 4.78 is 0. The third-order valence-corrected chi connectivity index (χ3v) is 4.08. The fraction of sp³-hybridized carbons (Fsp3) is 0.462. The minimum absolute atomic E-state index is 0.0267. The van der Waals surface area contributed by atoms with Gasteiger partial charge in [-0.25, -0.2) is 0 Å². The largest absolute Gasteiger partial charge is 0.302 e. The summed E-state index contributed by atoms with van der Waals surface area (Å²) in [5.74, 6) is 0. The molecule has 0 N–H and O–H groups in total. The maximum Gasteiger partial charge on any atom is 0.137 e. The fourth-order valence-corrected chi connectivity index (χ4v) is 2.64. The molecule has 1 saturated heterocycles. The van der Waals surface area contributed by atoms with Crippen LogP contribution in [0.5, 0.6) is 0 Å². The zero-order valence-electron chi connectivity index (χ0n) is 9.53. The van der Waals surface area contributed by atoms with Crippen molar-refractivity contribution in [1.29, 1.82) is 0 Å². The Labute approximate surface area is 112 Å². The summed E-state index contributed by atoms with van der Waals surface area (Å²) in [5.41, 5.74) is 0.993. The van der Waals surface area contributed by atoms with Crippen LogP contribution in [0.4, 0.5) is 0 Å². The van der Waals surface area contributed by atoms with Gasteiger partial charge in [-0.15, -0.1) is 0 Å². The number of nitrogens with zero attached hydrogens (tertiary/aromatic N) is 1. The minimum atomic E-state index is 0.0267. The number of hydrogen-bond donors (Lipinski definition) is 0. The second-order valence-corrected chi connectivity index (χ2v) is 5.17. The first kappa shape index (κ1) is 12.9. The Balaban J connectivity index is 2.13. The first-order valence-corrected chi connectivity index (χ1v) is 6.60. The Morgan fingerprint density at radius 3 is 2.94 bits per heavy atom. The van der Waals surface area contributed by atoms with Crippen LogP contribution in [0.25, 0.3) is 0 Å². The van der Waals surface area contributed by atoms with Gasteiger partial charge in [0.05, 0.1) is 16.1 Å². The van der Waals surface area contributed by atoms with Gasteiger partial charge in [0.25, 0.3) is 0 Å². The summed E-state index contributed by atoms with van der Waals surface area (Å²) in [6.07, 6.45) is 4.25. The zero-order valence-corrected chi connectivity index (χ0v) is 11.0. The van der Waals surface area contributed by atoms with E-state index in [0.717, 1.165) is 37.7 Å². The Bertz CT molecular complexity index is 408. The van der Waals surface area contributed by atoms with Crippen LogP contribution in [0.3, 0.4) is 0 Å². The summed E-state index contributed by atoms with van der Waals surface area (Å²) >= 11 is 12.1. The lowest BCUT2D eigenvalue weighted by atomic mass is 10.0. The molecular formula is C13H15Cl2NO. The summed E-state index contributed by atoms with van der Waals surface area (Å²) in [6.45, 7) is 1.65. The normalized spacial score (nSPS) is 21.4. The maximum atomic E-state index is 11.0. The number of carbonyl (C=O) groups excluding carboxylic acids is 1. The SMILES string of the molecule is O=CC1CCCCN1Cc1cccc(Cl)c1Cl. The Hall–Kier alpha value is -0.570. The van der Waals surface area contributed by atoms with Crippen LogP contribution in [0, 0.1) is 0 Å². The highest BCUT2D eigenvalue weighted by Crippen LogP contribution is 2.28. The maximum absolute atomic E-state index is 11.0. The van der Waals surface area contributed by atoms with Gasteiger partial charge in [-0.05, 0) is 31.0 Å². The lowest BCUT2D eigenvalue weighted by molar-refractivity contribution is -0.113. The number of halogens is 2. The number of hydrogen-bond acceptors (Lipinski definition) is 2. The molecule has 1 aliphatic heterocycles. The van der Waals surface area contributed by atoms with Gasteiger partial charge in [0.15, 0.2) is 0 Å². The van der Waals surface area contributed by atoms with Crippen molar-refractivity contribution in [3.63, 3.8) is 0 Å². The molecule has 17 heavy (non-hydrogen) atoms. The average molecular weight is 272 g/mol. The zero-order chi connectivity index (χ0) is 12.3. The Morgan fingerprint density at radius 2 is 2.18 bits per heavy atom. The monoisotopic (exact) mass is 271 g/mol. The van der Waals surface area contributed by atoms with E-state index in [9.17, 15) is 4.79 Å². The predicted octanol–water partition coefficient (Wildman–Crippen LogP) is 3.55. The van der Waals surface area contributed by atoms with Crippen LogP contribution in [-0.4, -0.2) is 23.8 Å². The van der Waals surface area contributed by atoms with E-state index in [1.54, 1.807) is 6.07 Å². The minimum Gasteiger partial charge on any atom is -0.302 e. The van der Waals surface area contributed by atoms with E-state index < -0.39 is 0 Å². The predicted molar refractivity (Wildman–Crippen MR) is 70.6 cm³/mol. The number of likely N-dealkylation sites (tertiary alicyclic amines) is 1. The van der Waals surface area contributed by atoms with E-state index in [-0.39, 0.29) is 6.04 Å². The molecule has 0 radical (unpaired) electrons. The molecule has 0 amide bonds. The number of rotatable bonds is 3. The number of piperidine rings is 1. The third kappa shape index (κ3) is 3.01. The van der Waals surface area contributed by atoms with Crippen molar-refractivity contribution in [2.24, 2.45) is 0 Å². The smallest absolute Gasteiger partial charge is 0.137 e. The molecule has 92 valence electrons. The summed E-state index contributed by atoms with van der Waals surface area (Å²) in [6, 6.07) is 5.66. The molecule has 2 nitrogen and oxygen atoms in total. The molecule has 2 rings (SSSR count). The van der Waals surface area contributed by atoms with Crippen molar-refractivity contribution in [2.45, 2.75) is 31.8 Å². The van der Waals surface area contributed by atoms with Crippen LogP contribution >= 0.6 is 23.2 Å². The summed E-state index contributed by atoms with van der Waals surface area (Å²) in [4.78, 5) is 13.2. The van der Waals surface area contributed by atoms with Crippen LogP contribution in [-0.2, 0) is 11.3 Å². The van der Waals surface area contributed by atoms with Gasteiger partial charge in [-0.3, -0.25) is 4.90 Å². The number of benzene rings is 1. The van der Waals surface area contributed by atoms with E-state index in [1.807, 2.05) is 12.1 Å². The summed E-state index contributed by atoms with van der Waals surface area (Å²) in [7, 11) is 0. The first-order valence-electron chi connectivity index (χ1n) is 5.84. The van der Waals surface area contributed by atoms with Crippen LogP contribution in [0.2, 0.25) is 10.0 Å². The van der Waals surface area contributed by atoms with E-state index >= 15 is 0 Å². The molecule has 0 aliphatic carbocycles. The molecule has 0 aromatic heterocycles. The van der Waals surface area contributed by atoms with Crippen molar-refractivity contribution in [2.75, 3.05) is 6.54 Å². The van der Waals surface area contributed by atoms with Crippen molar-refractivity contribution in [1.82, 2.24) is 4.90 Å². The lowest BCUT2D eigenvalue weighted by Gasteiger charge is -2.32. The van der Waals surface area contributed by atoms with Gasteiger partial charge in [-0.1, -0.05) is 41.8 Å². The number of carbonyl (C=O) groups is 1. The van der Waals surface area contributed by atoms with E-state index in [1.165, 1.54) is 0 Å². The van der Waals surface area contributed by atoms with Gasteiger partial charge in [0.1, 0.15) is 6.29 Å². The van der Waals surface area contributed by atoms with Gasteiger partial charge in [0, 0.05) is 6.54 Å². The molecule has 1 atom stereocenters. The molecule has 1 fully saturated rings. The first-order chi connectivity index (χ1) is 8.22. The third-order valence-electron chi connectivity index (χ3n) is 3.23. The lowest BCUT2D eigenvalue weighted by Crippen LogP contribution is -2.39. The second kappa shape index (κ2) is 5.85. The topological polar surface area (TPSA) is 20.3 Å². The highest BCUT2D eigenvalue weighted by molar-refractivity contribution is 6.42. The molecule has 0 bridgehead atoms. The molecular weight excluding hydrogens is 257 g/mol. The molecule has 1 unspecified atom stereocenters. The van der Waals surface area contributed by atoms with Gasteiger partial charge in [-0.2, -0.15) is 0 Å². The molecule has 1 aromatic rings. The average Bonchev–Trinajstić information content (AvgIpc) is 2.35. The molecule has 0 spiro atoms.